The summed E-state index contributed by atoms with van der Waals surface area (Å²) in [7, 11) is 0. The molecule has 0 bridgehead atoms. The SMILES string of the molecule is Cc1cc(C)cc(-n2c(C)cc([C@@H]3[C@H](c4ccccn4)NC(=S)N3Cc3cccnc3)c2C)c1. The second-order valence-electron chi connectivity index (χ2n) is 9.12. The van der Waals surface area contributed by atoms with Gasteiger partial charge in [0.25, 0.3) is 0 Å². The summed E-state index contributed by atoms with van der Waals surface area (Å²) in [5.74, 6) is 0. The molecule has 34 heavy (non-hydrogen) atoms. The van der Waals surface area contributed by atoms with Gasteiger partial charge in [0, 0.05) is 42.2 Å². The number of hydrogen-bond donors (Lipinski definition) is 1. The zero-order valence-corrected chi connectivity index (χ0v) is 20.8. The third-order valence-corrected chi connectivity index (χ3v) is 6.88. The van der Waals surface area contributed by atoms with Gasteiger partial charge in [-0.25, -0.2) is 0 Å². The Morgan fingerprint density at radius 2 is 1.74 bits per heavy atom. The summed E-state index contributed by atoms with van der Waals surface area (Å²) in [6.07, 6.45) is 5.56. The van der Waals surface area contributed by atoms with Crippen molar-refractivity contribution >= 4 is 17.3 Å². The van der Waals surface area contributed by atoms with Gasteiger partial charge in [0.2, 0.25) is 0 Å². The highest BCUT2D eigenvalue weighted by molar-refractivity contribution is 7.80. The largest absolute Gasteiger partial charge is 0.352 e. The number of nitrogens with one attached hydrogen (secondary N) is 1. The molecule has 1 aliphatic heterocycles. The van der Waals surface area contributed by atoms with E-state index in [-0.39, 0.29) is 12.1 Å². The van der Waals surface area contributed by atoms with Gasteiger partial charge in [0.05, 0.1) is 17.8 Å². The molecule has 1 aromatic carbocycles. The first kappa shape index (κ1) is 22.3. The minimum atomic E-state index is -0.0430. The van der Waals surface area contributed by atoms with Crippen LogP contribution in [0.5, 0.6) is 0 Å². The number of nitrogens with zero attached hydrogens (tertiary/aromatic N) is 4. The van der Waals surface area contributed by atoms with E-state index in [1.807, 2.05) is 30.6 Å². The van der Waals surface area contributed by atoms with Crippen LogP contribution in [0.2, 0.25) is 0 Å². The summed E-state index contributed by atoms with van der Waals surface area (Å²) < 4.78 is 2.36. The van der Waals surface area contributed by atoms with Crippen LogP contribution in [-0.2, 0) is 6.54 Å². The van der Waals surface area contributed by atoms with Crippen LogP contribution in [-0.4, -0.2) is 24.5 Å². The Morgan fingerprint density at radius 3 is 2.41 bits per heavy atom. The Hall–Kier alpha value is -3.51. The maximum Gasteiger partial charge on any atom is 0.170 e. The fourth-order valence-electron chi connectivity index (χ4n) is 5.17. The van der Waals surface area contributed by atoms with Crippen molar-refractivity contribution in [3.8, 4) is 5.69 Å². The molecule has 3 aromatic heterocycles. The van der Waals surface area contributed by atoms with Gasteiger partial charge in [0.15, 0.2) is 5.11 Å². The number of benzene rings is 1. The minimum Gasteiger partial charge on any atom is -0.352 e. The Morgan fingerprint density at radius 1 is 0.941 bits per heavy atom. The molecule has 1 saturated heterocycles. The van der Waals surface area contributed by atoms with Crippen LogP contribution in [0.15, 0.2) is 73.2 Å². The van der Waals surface area contributed by atoms with Crippen LogP contribution in [0, 0.1) is 27.7 Å². The monoisotopic (exact) mass is 467 g/mol. The summed E-state index contributed by atoms with van der Waals surface area (Å²) >= 11 is 5.86. The van der Waals surface area contributed by atoms with Gasteiger partial charge in [0.1, 0.15) is 0 Å². The Labute approximate surface area is 206 Å². The van der Waals surface area contributed by atoms with Crippen molar-refractivity contribution in [3.05, 3.63) is 113 Å². The maximum atomic E-state index is 5.86. The zero-order valence-electron chi connectivity index (χ0n) is 20.0. The maximum absolute atomic E-state index is 5.86. The highest BCUT2D eigenvalue weighted by atomic mass is 32.1. The molecule has 4 aromatic rings. The first-order valence-electron chi connectivity index (χ1n) is 11.6. The molecule has 0 radical (unpaired) electrons. The Balaban J connectivity index is 1.63. The van der Waals surface area contributed by atoms with Crippen LogP contribution in [0.4, 0.5) is 0 Å². The lowest BCUT2D eigenvalue weighted by molar-refractivity contribution is 0.310. The smallest absolute Gasteiger partial charge is 0.170 e. The first-order valence-corrected chi connectivity index (χ1v) is 12.0. The average Bonchev–Trinajstić information content (AvgIpc) is 3.29. The predicted molar refractivity (Wildman–Crippen MR) is 140 cm³/mol. The van der Waals surface area contributed by atoms with Gasteiger partial charge in [-0.15, -0.1) is 0 Å². The molecule has 0 spiro atoms. The van der Waals surface area contributed by atoms with Crippen molar-refractivity contribution in [3.63, 3.8) is 0 Å². The van der Waals surface area contributed by atoms with E-state index in [0.29, 0.717) is 6.54 Å². The Kier molecular flexibility index (Phi) is 5.92. The quantitative estimate of drug-likeness (QED) is 0.383. The van der Waals surface area contributed by atoms with Crippen molar-refractivity contribution in [2.24, 2.45) is 0 Å². The zero-order chi connectivity index (χ0) is 23.8. The van der Waals surface area contributed by atoms with Gasteiger partial charge >= 0.3 is 0 Å². The average molecular weight is 468 g/mol. The summed E-state index contributed by atoms with van der Waals surface area (Å²) in [6.45, 7) is 9.37. The number of rotatable bonds is 5. The number of aromatic nitrogens is 3. The minimum absolute atomic E-state index is 0.00784. The van der Waals surface area contributed by atoms with E-state index in [1.165, 1.54) is 33.8 Å². The second kappa shape index (κ2) is 9.03. The van der Waals surface area contributed by atoms with Crippen molar-refractivity contribution in [2.75, 3.05) is 0 Å². The molecule has 172 valence electrons. The van der Waals surface area contributed by atoms with E-state index in [1.54, 1.807) is 6.20 Å². The van der Waals surface area contributed by atoms with Crippen molar-refractivity contribution < 1.29 is 0 Å². The van der Waals surface area contributed by atoms with Crippen LogP contribution < -0.4 is 5.32 Å². The molecule has 0 saturated carbocycles. The molecule has 0 aliphatic carbocycles. The highest BCUT2D eigenvalue weighted by Crippen LogP contribution is 2.42. The number of pyridine rings is 2. The van der Waals surface area contributed by atoms with Gasteiger partial charge in [-0.1, -0.05) is 18.2 Å². The van der Waals surface area contributed by atoms with Crippen LogP contribution >= 0.6 is 12.2 Å². The lowest BCUT2D eigenvalue weighted by Gasteiger charge is -2.28. The highest BCUT2D eigenvalue weighted by Gasteiger charge is 2.41. The first-order chi connectivity index (χ1) is 16.4. The predicted octanol–water partition coefficient (Wildman–Crippen LogP) is 5.67. The number of hydrogen-bond acceptors (Lipinski definition) is 3. The molecule has 5 rings (SSSR count). The molecule has 2 atom stereocenters. The third kappa shape index (κ3) is 4.10. The van der Waals surface area contributed by atoms with Gasteiger partial charge in [-0.2, -0.15) is 0 Å². The lowest BCUT2D eigenvalue weighted by Crippen LogP contribution is -2.29. The van der Waals surface area contributed by atoms with E-state index < -0.39 is 0 Å². The van der Waals surface area contributed by atoms with Gasteiger partial charge in [-0.3, -0.25) is 9.97 Å². The van der Waals surface area contributed by atoms with Crippen molar-refractivity contribution in [2.45, 2.75) is 46.3 Å². The summed E-state index contributed by atoms with van der Waals surface area (Å²) in [5, 5.41) is 4.30. The van der Waals surface area contributed by atoms with Crippen molar-refractivity contribution in [1.29, 1.82) is 0 Å². The molecule has 1 aliphatic rings. The van der Waals surface area contributed by atoms with E-state index in [2.05, 4.69) is 88.8 Å². The van der Waals surface area contributed by atoms with Crippen LogP contribution in [0.25, 0.3) is 5.69 Å². The summed E-state index contributed by atoms with van der Waals surface area (Å²) in [4.78, 5) is 11.3. The fourth-order valence-corrected chi connectivity index (χ4v) is 5.47. The fraction of sp³-hybridized carbons (Fsp3) is 0.250. The van der Waals surface area contributed by atoms with Crippen LogP contribution in [0.1, 0.15) is 51.4 Å². The molecular formula is C28H29N5S. The molecule has 5 nitrogen and oxygen atoms in total. The molecular weight excluding hydrogens is 438 g/mol. The third-order valence-electron chi connectivity index (χ3n) is 6.53. The summed E-state index contributed by atoms with van der Waals surface area (Å²) in [5.41, 5.74) is 9.51. The standard InChI is InChI=1S/C28H29N5S/c1-18-12-19(2)14-23(13-18)33-20(3)15-24(21(33)4)27-26(25-9-5-6-11-30-25)31-28(34)32(27)17-22-8-7-10-29-16-22/h5-16,26-27H,17H2,1-4H3,(H,31,34)/t26-,27+/m0/s1. The topological polar surface area (TPSA) is 46.0 Å². The van der Waals surface area contributed by atoms with E-state index in [9.17, 15) is 0 Å². The Bertz CT molecular complexity index is 1310. The number of thiocarbonyl (C=S) groups is 1. The van der Waals surface area contributed by atoms with E-state index in [4.69, 9.17) is 12.2 Å². The molecule has 0 unspecified atom stereocenters. The van der Waals surface area contributed by atoms with E-state index >= 15 is 0 Å². The van der Waals surface area contributed by atoms with Crippen molar-refractivity contribution in [1.82, 2.24) is 24.8 Å². The summed E-state index contributed by atoms with van der Waals surface area (Å²) in [6, 6.07) is 19.1. The number of aryl methyl sites for hydroxylation is 3. The van der Waals surface area contributed by atoms with Gasteiger partial charge < -0.3 is 14.8 Å². The second-order valence-corrected chi connectivity index (χ2v) is 9.51. The molecule has 0 amide bonds. The molecule has 4 heterocycles. The lowest BCUT2D eigenvalue weighted by atomic mass is 9.96. The normalized spacial score (nSPS) is 17.8. The molecule has 1 N–H and O–H groups in total. The van der Waals surface area contributed by atoms with E-state index in [0.717, 1.165) is 16.4 Å². The van der Waals surface area contributed by atoms with Gasteiger partial charge in [-0.05, 0) is 98.6 Å². The van der Waals surface area contributed by atoms with Crippen LogP contribution in [0.3, 0.4) is 0 Å². The molecule has 1 fully saturated rings. The molecule has 6 heteroatoms.